The molecule has 0 bridgehead atoms. The number of ketones is 1. The quantitative estimate of drug-likeness (QED) is 0.332. The molecule has 1 aliphatic rings. The zero-order valence-electron chi connectivity index (χ0n) is 21.1. The summed E-state index contributed by atoms with van der Waals surface area (Å²) in [4.78, 5) is 18.7. The number of ether oxygens (including phenoxy) is 2. The predicted octanol–water partition coefficient (Wildman–Crippen LogP) is 5.30. The van der Waals surface area contributed by atoms with Gasteiger partial charge in [0.2, 0.25) is 0 Å². The van der Waals surface area contributed by atoms with Crippen LogP contribution in [0.4, 0.5) is 0 Å². The van der Waals surface area contributed by atoms with E-state index < -0.39 is 27.0 Å². The Morgan fingerprint density at radius 3 is 2.57 bits per heavy atom. The molecule has 0 radical (unpaired) electrons. The smallest absolute Gasteiger partial charge is 0.186 e. The van der Waals surface area contributed by atoms with Crippen LogP contribution in [0.15, 0.2) is 83.8 Å². The van der Waals surface area contributed by atoms with E-state index >= 15 is 0 Å². The molecule has 1 aliphatic heterocycles. The highest BCUT2D eigenvalue weighted by Crippen LogP contribution is 2.47. The molecule has 0 N–H and O–H groups in total. The standard InChI is InChI=1S/C30H29NO5S/c1-20-12-15-27(35-3)25(16-20)30(17-23(18-36-30)22-8-5-4-6-9-22)29(32)19-37(33,34)28-11-7-10-26-24(28)14-13-21(2)31-26/h4-16,23H,17-19H2,1-3H3/t23-,30+/m0/s1. The number of pyridine rings is 1. The van der Waals surface area contributed by atoms with Gasteiger partial charge < -0.3 is 9.47 Å². The zero-order valence-corrected chi connectivity index (χ0v) is 21.9. The van der Waals surface area contributed by atoms with E-state index in [-0.39, 0.29) is 10.8 Å². The molecular formula is C30H29NO5S. The van der Waals surface area contributed by atoms with Crippen molar-refractivity contribution < 1.29 is 22.7 Å². The summed E-state index contributed by atoms with van der Waals surface area (Å²) >= 11 is 0. The summed E-state index contributed by atoms with van der Waals surface area (Å²) < 4.78 is 39.4. The molecule has 3 aromatic carbocycles. The number of hydrogen-bond donors (Lipinski definition) is 0. The van der Waals surface area contributed by atoms with Gasteiger partial charge in [0.25, 0.3) is 0 Å². The molecule has 2 heterocycles. The summed E-state index contributed by atoms with van der Waals surface area (Å²) in [6.45, 7) is 4.07. The largest absolute Gasteiger partial charge is 0.496 e. The molecule has 0 amide bonds. The van der Waals surface area contributed by atoms with Gasteiger partial charge in [0, 0.05) is 22.6 Å². The number of aryl methyl sites for hydroxylation is 2. The molecule has 7 heteroatoms. The van der Waals surface area contributed by atoms with Crippen molar-refractivity contribution in [3.63, 3.8) is 0 Å². The van der Waals surface area contributed by atoms with Crippen molar-refractivity contribution in [3.05, 3.63) is 101 Å². The minimum Gasteiger partial charge on any atom is -0.496 e. The summed E-state index contributed by atoms with van der Waals surface area (Å²) in [6, 6.07) is 23.9. The lowest BCUT2D eigenvalue weighted by atomic mass is 9.81. The van der Waals surface area contributed by atoms with E-state index in [1.165, 1.54) is 13.2 Å². The Morgan fingerprint density at radius 2 is 1.81 bits per heavy atom. The molecule has 0 aliphatic carbocycles. The first-order valence-corrected chi connectivity index (χ1v) is 13.9. The third kappa shape index (κ3) is 4.65. The highest BCUT2D eigenvalue weighted by atomic mass is 32.2. The number of nitrogens with zero attached hydrogens (tertiary/aromatic N) is 1. The van der Waals surface area contributed by atoms with Crippen LogP contribution in [0.5, 0.6) is 5.75 Å². The molecular weight excluding hydrogens is 486 g/mol. The van der Waals surface area contributed by atoms with Gasteiger partial charge in [-0.1, -0.05) is 48.0 Å². The summed E-state index contributed by atoms with van der Waals surface area (Å²) in [6.07, 6.45) is 0.321. The van der Waals surface area contributed by atoms with Crippen LogP contribution in [-0.2, 0) is 25.0 Å². The topological polar surface area (TPSA) is 82.6 Å². The van der Waals surface area contributed by atoms with Gasteiger partial charge in [-0.05, 0) is 62.2 Å². The van der Waals surface area contributed by atoms with Gasteiger partial charge in [-0.25, -0.2) is 8.42 Å². The zero-order chi connectivity index (χ0) is 26.2. The van der Waals surface area contributed by atoms with Crippen molar-refractivity contribution in [2.75, 3.05) is 19.5 Å². The van der Waals surface area contributed by atoms with Gasteiger partial charge in [0.15, 0.2) is 21.2 Å². The highest BCUT2D eigenvalue weighted by Gasteiger charge is 2.51. The molecule has 37 heavy (non-hydrogen) atoms. The monoisotopic (exact) mass is 515 g/mol. The number of fused-ring (bicyclic) bond motifs is 1. The van der Waals surface area contributed by atoms with E-state index in [0.717, 1.165) is 16.8 Å². The highest BCUT2D eigenvalue weighted by molar-refractivity contribution is 7.92. The third-order valence-corrected chi connectivity index (χ3v) is 8.73. The maximum absolute atomic E-state index is 14.1. The second-order valence-corrected chi connectivity index (χ2v) is 11.6. The second kappa shape index (κ2) is 9.72. The maximum atomic E-state index is 14.1. The van der Waals surface area contributed by atoms with Crippen LogP contribution in [0, 0.1) is 13.8 Å². The van der Waals surface area contributed by atoms with E-state index in [1.807, 2.05) is 56.3 Å². The lowest BCUT2D eigenvalue weighted by Gasteiger charge is -2.29. The van der Waals surface area contributed by atoms with E-state index in [4.69, 9.17) is 9.47 Å². The van der Waals surface area contributed by atoms with Gasteiger partial charge >= 0.3 is 0 Å². The van der Waals surface area contributed by atoms with Gasteiger partial charge in [-0.2, -0.15) is 0 Å². The lowest BCUT2D eigenvalue weighted by molar-refractivity contribution is -0.137. The Balaban J connectivity index is 1.58. The Hall–Kier alpha value is -3.55. The molecule has 5 rings (SSSR count). The number of hydrogen-bond acceptors (Lipinski definition) is 6. The lowest BCUT2D eigenvalue weighted by Crippen LogP contribution is -2.40. The van der Waals surface area contributed by atoms with Gasteiger partial charge in [-0.3, -0.25) is 9.78 Å². The molecule has 1 saturated heterocycles. The fraction of sp³-hybridized carbons (Fsp3) is 0.267. The van der Waals surface area contributed by atoms with Crippen molar-refractivity contribution in [2.24, 2.45) is 0 Å². The Labute approximate surface area is 217 Å². The summed E-state index contributed by atoms with van der Waals surface area (Å²) in [5.41, 5.74) is 2.43. The number of carbonyl (C=O) groups is 1. The minimum absolute atomic E-state index is 0.0668. The first-order valence-electron chi connectivity index (χ1n) is 12.2. The molecule has 190 valence electrons. The normalized spacial score (nSPS) is 19.7. The first-order chi connectivity index (χ1) is 17.7. The number of methoxy groups -OCH3 is 1. The van der Waals surface area contributed by atoms with Crippen LogP contribution in [0.2, 0.25) is 0 Å². The number of sulfone groups is 1. The molecule has 0 saturated carbocycles. The van der Waals surface area contributed by atoms with Crippen molar-refractivity contribution in [2.45, 2.75) is 36.7 Å². The Morgan fingerprint density at radius 1 is 1.03 bits per heavy atom. The van der Waals surface area contributed by atoms with Crippen molar-refractivity contribution >= 4 is 26.5 Å². The molecule has 0 unspecified atom stereocenters. The van der Waals surface area contributed by atoms with Gasteiger partial charge in [0.05, 0.1) is 24.1 Å². The van der Waals surface area contributed by atoms with Crippen molar-refractivity contribution in [1.29, 1.82) is 0 Å². The number of carbonyl (C=O) groups excluding carboxylic acids is 1. The number of benzene rings is 3. The van der Waals surface area contributed by atoms with Crippen molar-refractivity contribution in [1.82, 2.24) is 4.98 Å². The van der Waals surface area contributed by atoms with Gasteiger partial charge in [-0.15, -0.1) is 0 Å². The average molecular weight is 516 g/mol. The van der Waals surface area contributed by atoms with Crippen LogP contribution in [-0.4, -0.2) is 38.7 Å². The summed E-state index contributed by atoms with van der Waals surface area (Å²) in [5.74, 6) is -0.775. The first kappa shape index (κ1) is 25.1. The SMILES string of the molecule is COc1ccc(C)cc1[C@@]1(C(=O)CS(=O)(=O)c2cccc3nc(C)ccc23)C[C@H](c2ccccc2)CO1. The average Bonchev–Trinajstić information content (AvgIpc) is 3.35. The molecule has 0 spiro atoms. The van der Waals surface area contributed by atoms with Crippen LogP contribution < -0.4 is 4.74 Å². The van der Waals surface area contributed by atoms with Crippen LogP contribution in [0.1, 0.15) is 34.7 Å². The number of Topliss-reactive ketones (excluding diaryl/α,β-unsaturated/α-hetero) is 1. The Kier molecular flexibility index (Phi) is 6.60. The third-order valence-electron chi connectivity index (χ3n) is 7.06. The van der Waals surface area contributed by atoms with Crippen LogP contribution in [0.25, 0.3) is 10.9 Å². The second-order valence-electron chi connectivity index (χ2n) is 9.61. The number of aromatic nitrogens is 1. The fourth-order valence-corrected chi connectivity index (χ4v) is 6.71. The van der Waals surface area contributed by atoms with E-state index in [9.17, 15) is 13.2 Å². The van der Waals surface area contributed by atoms with E-state index in [1.54, 1.807) is 30.3 Å². The minimum atomic E-state index is -4.00. The molecule has 2 atom stereocenters. The van der Waals surface area contributed by atoms with Crippen LogP contribution in [0.3, 0.4) is 0 Å². The molecule has 1 fully saturated rings. The molecule has 1 aromatic heterocycles. The molecule has 4 aromatic rings. The molecule has 6 nitrogen and oxygen atoms in total. The summed E-state index contributed by atoms with van der Waals surface area (Å²) in [5, 5.41) is 0.498. The Bertz CT molecular complexity index is 1580. The van der Waals surface area contributed by atoms with Crippen LogP contribution >= 0.6 is 0 Å². The fourth-order valence-electron chi connectivity index (χ4n) is 5.18. The predicted molar refractivity (Wildman–Crippen MR) is 143 cm³/mol. The summed E-state index contributed by atoms with van der Waals surface area (Å²) in [7, 11) is -2.47. The number of rotatable bonds is 7. The van der Waals surface area contributed by atoms with Gasteiger partial charge in [0.1, 0.15) is 11.5 Å². The van der Waals surface area contributed by atoms with E-state index in [2.05, 4.69) is 4.98 Å². The van der Waals surface area contributed by atoms with Crippen molar-refractivity contribution in [3.8, 4) is 5.75 Å². The maximum Gasteiger partial charge on any atom is 0.186 e. The van der Waals surface area contributed by atoms with E-state index in [0.29, 0.717) is 35.2 Å².